The van der Waals surface area contributed by atoms with Crippen LogP contribution in [0.5, 0.6) is 0 Å². The van der Waals surface area contributed by atoms with Gasteiger partial charge in [-0.25, -0.2) is 0 Å². The van der Waals surface area contributed by atoms with Crippen molar-refractivity contribution in [1.29, 1.82) is 0 Å². The Morgan fingerprint density at radius 1 is 1.19 bits per heavy atom. The van der Waals surface area contributed by atoms with E-state index in [-0.39, 0.29) is 0 Å². The number of alkyl halides is 1. The van der Waals surface area contributed by atoms with Crippen LogP contribution < -0.4 is 5.32 Å². The fraction of sp³-hybridized carbons (Fsp3) is 0.923. The summed E-state index contributed by atoms with van der Waals surface area (Å²) in [6.45, 7) is 2.27. The summed E-state index contributed by atoms with van der Waals surface area (Å²) in [5.41, 5.74) is 0. The van der Waals surface area contributed by atoms with E-state index in [0.717, 1.165) is 25.7 Å². The Morgan fingerprint density at radius 2 is 1.88 bits per heavy atom. The first-order valence-corrected chi connectivity index (χ1v) is 7.53. The van der Waals surface area contributed by atoms with E-state index in [9.17, 15) is 4.79 Å². The van der Waals surface area contributed by atoms with Gasteiger partial charge in [-0.05, 0) is 38.0 Å². The molecule has 2 nitrogen and oxygen atoms in total. The molecule has 0 aromatic heterocycles. The van der Waals surface area contributed by atoms with E-state index in [1.54, 1.807) is 0 Å². The predicted octanol–water partition coefficient (Wildman–Crippen LogP) is 3.24. The third-order valence-electron chi connectivity index (χ3n) is 4.14. The Labute approximate surface area is 107 Å². The highest BCUT2D eigenvalue weighted by Crippen LogP contribution is 2.31. The quantitative estimate of drug-likeness (QED) is 0.776. The summed E-state index contributed by atoms with van der Waals surface area (Å²) in [4.78, 5) is 12.6. The van der Waals surface area contributed by atoms with Crippen molar-refractivity contribution in [3.8, 4) is 0 Å². The summed E-state index contributed by atoms with van der Waals surface area (Å²) >= 11 is 3.70. The van der Waals surface area contributed by atoms with Crippen molar-refractivity contribution < 1.29 is 4.79 Å². The first kappa shape index (κ1) is 12.4. The van der Waals surface area contributed by atoms with E-state index in [0.29, 0.717) is 28.6 Å². The highest BCUT2D eigenvalue weighted by atomic mass is 79.9. The predicted molar refractivity (Wildman–Crippen MR) is 69.6 cm³/mol. The normalized spacial score (nSPS) is 36.2. The van der Waals surface area contributed by atoms with Crippen LogP contribution in [-0.4, -0.2) is 16.8 Å². The van der Waals surface area contributed by atoms with Gasteiger partial charge in [0.2, 0.25) is 5.91 Å². The number of nitrogens with one attached hydrogen (secondary N) is 1. The van der Waals surface area contributed by atoms with Gasteiger partial charge >= 0.3 is 0 Å². The van der Waals surface area contributed by atoms with E-state index < -0.39 is 0 Å². The maximum absolute atomic E-state index is 12.0. The molecule has 3 heteroatoms. The van der Waals surface area contributed by atoms with Crippen LogP contribution in [0.15, 0.2) is 0 Å². The van der Waals surface area contributed by atoms with E-state index in [1.807, 2.05) is 0 Å². The Morgan fingerprint density at radius 3 is 2.50 bits per heavy atom. The Balaban J connectivity index is 1.78. The van der Waals surface area contributed by atoms with Crippen LogP contribution in [0.25, 0.3) is 0 Å². The van der Waals surface area contributed by atoms with Crippen LogP contribution in [0, 0.1) is 11.8 Å². The van der Waals surface area contributed by atoms with Crippen LogP contribution in [0.2, 0.25) is 0 Å². The van der Waals surface area contributed by atoms with Gasteiger partial charge in [-0.1, -0.05) is 35.7 Å². The molecule has 0 bridgehead atoms. The van der Waals surface area contributed by atoms with Crippen molar-refractivity contribution in [3.05, 3.63) is 0 Å². The highest BCUT2D eigenvalue weighted by Gasteiger charge is 2.29. The zero-order valence-electron chi connectivity index (χ0n) is 10.0. The third-order valence-corrected chi connectivity index (χ3v) is 5.50. The van der Waals surface area contributed by atoms with Gasteiger partial charge in [0.15, 0.2) is 0 Å². The number of carbonyl (C=O) groups is 1. The first-order chi connectivity index (χ1) is 7.66. The smallest absolute Gasteiger partial charge is 0.223 e. The van der Waals surface area contributed by atoms with E-state index in [1.165, 1.54) is 19.3 Å². The molecule has 0 aromatic carbocycles. The molecule has 2 saturated carbocycles. The van der Waals surface area contributed by atoms with Gasteiger partial charge in [0, 0.05) is 16.8 Å². The molecule has 0 spiro atoms. The summed E-state index contributed by atoms with van der Waals surface area (Å²) < 4.78 is 0. The van der Waals surface area contributed by atoms with Gasteiger partial charge in [0.25, 0.3) is 0 Å². The second-order valence-corrected chi connectivity index (χ2v) is 6.67. The summed E-state index contributed by atoms with van der Waals surface area (Å²) in [6, 6.07) is 0.428. The van der Waals surface area contributed by atoms with Crippen LogP contribution >= 0.6 is 15.9 Å². The summed E-state index contributed by atoms with van der Waals surface area (Å²) in [6.07, 6.45) is 8.15. The van der Waals surface area contributed by atoms with Crippen molar-refractivity contribution in [2.24, 2.45) is 11.8 Å². The van der Waals surface area contributed by atoms with Crippen molar-refractivity contribution in [1.82, 2.24) is 5.32 Å². The fourth-order valence-corrected chi connectivity index (χ4v) is 3.48. The molecule has 3 atom stereocenters. The van der Waals surface area contributed by atoms with Crippen LogP contribution in [0.3, 0.4) is 0 Å². The fourth-order valence-electron chi connectivity index (χ4n) is 3.00. The van der Waals surface area contributed by atoms with Gasteiger partial charge in [-0.3, -0.25) is 4.79 Å². The van der Waals surface area contributed by atoms with E-state index in [2.05, 4.69) is 28.2 Å². The lowest BCUT2D eigenvalue weighted by Crippen LogP contribution is -2.42. The average Bonchev–Trinajstić information content (AvgIpc) is 2.77. The van der Waals surface area contributed by atoms with Gasteiger partial charge < -0.3 is 5.32 Å². The van der Waals surface area contributed by atoms with Gasteiger partial charge in [-0.15, -0.1) is 0 Å². The molecule has 0 aliphatic heterocycles. The molecule has 1 amide bonds. The average molecular weight is 288 g/mol. The third kappa shape index (κ3) is 2.99. The minimum Gasteiger partial charge on any atom is -0.353 e. The molecular weight excluding hydrogens is 266 g/mol. The maximum atomic E-state index is 12.0. The van der Waals surface area contributed by atoms with Crippen molar-refractivity contribution >= 4 is 21.8 Å². The molecule has 0 aromatic rings. The summed E-state index contributed by atoms with van der Waals surface area (Å²) in [5.74, 6) is 1.32. The van der Waals surface area contributed by atoms with Crippen LogP contribution in [0.4, 0.5) is 0 Å². The van der Waals surface area contributed by atoms with Gasteiger partial charge in [0.05, 0.1) is 0 Å². The minimum absolute atomic E-state index is 0.317. The number of carbonyl (C=O) groups excluding carboxylic acids is 1. The number of hydrogen-bond acceptors (Lipinski definition) is 1. The molecule has 92 valence electrons. The zero-order valence-corrected chi connectivity index (χ0v) is 11.6. The van der Waals surface area contributed by atoms with Crippen LogP contribution in [-0.2, 0) is 4.79 Å². The number of amides is 1. The summed E-state index contributed by atoms with van der Waals surface area (Å²) in [5, 5.41) is 3.25. The lowest BCUT2D eigenvalue weighted by atomic mass is 9.86. The monoisotopic (exact) mass is 287 g/mol. The molecule has 2 rings (SSSR count). The van der Waals surface area contributed by atoms with Crippen molar-refractivity contribution in [3.63, 3.8) is 0 Å². The molecule has 2 aliphatic carbocycles. The molecule has 3 unspecified atom stereocenters. The molecular formula is C13H22BrNO. The second kappa shape index (κ2) is 5.52. The molecule has 16 heavy (non-hydrogen) atoms. The molecule has 0 radical (unpaired) electrons. The number of hydrogen-bond donors (Lipinski definition) is 1. The molecule has 1 N–H and O–H groups in total. The molecule has 0 heterocycles. The minimum atomic E-state index is 0.317. The largest absolute Gasteiger partial charge is 0.353 e. The van der Waals surface area contributed by atoms with Gasteiger partial charge in [0.1, 0.15) is 0 Å². The SMILES string of the molecule is CC1CC(NC(=O)C2CCCC2)CCC1Br. The molecule has 2 fully saturated rings. The lowest BCUT2D eigenvalue weighted by Gasteiger charge is -2.32. The highest BCUT2D eigenvalue weighted by molar-refractivity contribution is 9.09. The second-order valence-electron chi connectivity index (χ2n) is 5.49. The van der Waals surface area contributed by atoms with Crippen molar-refractivity contribution in [2.45, 2.75) is 62.7 Å². The van der Waals surface area contributed by atoms with Gasteiger partial charge in [-0.2, -0.15) is 0 Å². The Hall–Kier alpha value is -0.0500. The molecule has 0 saturated heterocycles. The first-order valence-electron chi connectivity index (χ1n) is 6.61. The summed E-state index contributed by atoms with van der Waals surface area (Å²) in [7, 11) is 0. The van der Waals surface area contributed by atoms with E-state index >= 15 is 0 Å². The maximum Gasteiger partial charge on any atom is 0.223 e. The number of halogens is 1. The van der Waals surface area contributed by atoms with Crippen LogP contribution in [0.1, 0.15) is 51.9 Å². The van der Waals surface area contributed by atoms with E-state index in [4.69, 9.17) is 0 Å². The standard InChI is InChI=1S/C13H22BrNO/c1-9-8-11(6-7-12(9)14)15-13(16)10-4-2-3-5-10/h9-12H,2-8H2,1H3,(H,15,16). The van der Waals surface area contributed by atoms with Crippen molar-refractivity contribution in [2.75, 3.05) is 0 Å². The Bertz CT molecular complexity index is 250. The lowest BCUT2D eigenvalue weighted by molar-refractivity contribution is -0.125. The Kier molecular flexibility index (Phi) is 4.28. The zero-order chi connectivity index (χ0) is 11.5. The molecule has 2 aliphatic rings. The number of rotatable bonds is 2. The topological polar surface area (TPSA) is 29.1 Å².